The summed E-state index contributed by atoms with van der Waals surface area (Å²) >= 11 is 0. The number of ether oxygens (including phenoxy) is 1. The fraction of sp³-hybridized carbons (Fsp3) is 0.143. The van der Waals surface area contributed by atoms with E-state index in [2.05, 4.69) is 4.72 Å². The van der Waals surface area contributed by atoms with Gasteiger partial charge in [-0.1, -0.05) is 17.7 Å². The van der Waals surface area contributed by atoms with Crippen LogP contribution in [0, 0.1) is 12.7 Å². The first-order valence-electron chi connectivity index (χ1n) is 5.85. The third-order valence-corrected chi connectivity index (χ3v) is 4.12. The molecule has 0 fully saturated rings. The smallest absolute Gasteiger partial charge is 0.262 e. The van der Waals surface area contributed by atoms with Crippen molar-refractivity contribution in [3.63, 3.8) is 0 Å². The van der Waals surface area contributed by atoms with E-state index in [1.54, 1.807) is 24.3 Å². The number of nitrogens with one attached hydrogen (secondary N) is 1. The Morgan fingerprint density at radius 3 is 2.35 bits per heavy atom. The van der Waals surface area contributed by atoms with Gasteiger partial charge in [-0.05, 0) is 31.2 Å². The molecule has 0 saturated carbocycles. The molecule has 20 heavy (non-hydrogen) atoms. The lowest BCUT2D eigenvalue weighted by Gasteiger charge is -2.10. The Kier molecular flexibility index (Phi) is 3.94. The van der Waals surface area contributed by atoms with Gasteiger partial charge in [-0.2, -0.15) is 0 Å². The standard InChI is InChI=1S/C14H14FNO3S/c1-10-3-5-11(6-4-10)16-20(17,18)12-7-8-13(15)14(9-12)19-2/h3-9,16H,1-2H3. The van der Waals surface area contributed by atoms with E-state index in [0.717, 1.165) is 17.7 Å². The third kappa shape index (κ3) is 3.08. The maximum Gasteiger partial charge on any atom is 0.262 e. The summed E-state index contributed by atoms with van der Waals surface area (Å²) in [5, 5.41) is 0. The van der Waals surface area contributed by atoms with Crippen molar-refractivity contribution in [1.29, 1.82) is 0 Å². The molecule has 2 rings (SSSR count). The summed E-state index contributed by atoms with van der Waals surface area (Å²) in [7, 11) is -2.49. The highest BCUT2D eigenvalue weighted by atomic mass is 32.2. The molecule has 0 saturated heterocycles. The Hall–Kier alpha value is -2.08. The summed E-state index contributed by atoms with van der Waals surface area (Å²) in [6.45, 7) is 1.91. The molecule has 2 aromatic rings. The number of hydrogen-bond donors (Lipinski definition) is 1. The highest BCUT2D eigenvalue weighted by Gasteiger charge is 2.16. The van der Waals surface area contributed by atoms with Crippen molar-refractivity contribution >= 4 is 15.7 Å². The summed E-state index contributed by atoms with van der Waals surface area (Å²) in [5.41, 5.74) is 1.47. The van der Waals surface area contributed by atoms with E-state index in [0.29, 0.717) is 5.69 Å². The van der Waals surface area contributed by atoms with E-state index in [1.807, 2.05) is 6.92 Å². The number of halogens is 1. The van der Waals surface area contributed by atoms with E-state index in [-0.39, 0.29) is 10.6 Å². The Morgan fingerprint density at radius 1 is 1.10 bits per heavy atom. The molecular formula is C14H14FNO3S. The molecule has 1 N–H and O–H groups in total. The molecule has 0 aliphatic heterocycles. The fourth-order valence-corrected chi connectivity index (χ4v) is 2.72. The SMILES string of the molecule is COc1cc(S(=O)(=O)Nc2ccc(C)cc2)ccc1F. The van der Waals surface area contributed by atoms with Gasteiger partial charge >= 0.3 is 0 Å². The molecule has 0 aliphatic carbocycles. The van der Waals surface area contributed by atoms with Crippen LogP contribution < -0.4 is 9.46 Å². The zero-order valence-electron chi connectivity index (χ0n) is 11.1. The van der Waals surface area contributed by atoms with Crippen molar-refractivity contribution in [1.82, 2.24) is 0 Å². The zero-order valence-corrected chi connectivity index (χ0v) is 11.9. The van der Waals surface area contributed by atoms with Gasteiger partial charge in [-0.15, -0.1) is 0 Å². The number of hydrogen-bond acceptors (Lipinski definition) is 3. The Bertz CT molecular complexity index is 712. The molecule has 0 bridgehead atoms. The van der Waals surface area contributed by atoms with Crippen LogP contribution in [0.4, 0.5) is 10.1 Å². The van der Waals surface area contributed by atoms with E-state index in [4.69, 9.17) is 4.74 Å². The molecule has 0 aromatic heterocycles. The molecule has 2 aromatic carbocycles. The van der Waals surface area contributed by atoms with Crippen LogP contribution in [0.1, 0.15) is 5.56 Å². The molecular weight excluding hydrogens is 281 g/mol. The first-order chi connectivity index (χ1) is 9.42. The van der Waals surface area contributed by atoms with Gasteiger partial charge in [-0.3, -0.25) is 4.72 Å². The van der Waals surface area contributed by atoms with Gasteiger partial charge in [-0.25, -0.2) is 12.8 Å². The van der Waals surface area contributed by atoms with Crippen LogP contribution in [0.25, 0.3) is 0 Å². The second kappa shape index (κ2) is 5.50. The molecule has 106 valence electrons. The fourth-order valence-electron chi connectivity index (χ4n) is 1.64. The maximum absolute atomic E-state index is 13.3. The average Bonchev–Trinajstić information content (AvgIpc) is 2.41. The van der Waals surface area contributed by atoms with Crippen LogP contribution in [0.5, 0.6) is 5.75 Å². The van der Waals surface area contributed by atoms with Gasteiger partial charge in [0.05, 0.1) is 12.0 Å². The molecule has 6 heteroatoms. The summed E-state index contributed by atoms with van der Waals surface area (Å²) in [6, 6.07) is 10.3. The molecule has 0 radical (unpaired) electrons. The summed E-state index contributed by atoms with van der Waals surface area (Å²) in [6.07, 6.45) is 0. The summed E-state index contributed by atoms with van der Waals surface area (Å²) in [4.78, 5) is -0.0590. The van der Waals surface area contributed by atoms with Gasteiger partial charge < -0.3 is 4.74 Å². The minimum atomic E-state index is -3.77. The van der Waals surface area contributed by atoms with E-state index < -0.39 is 15.8 Å². The summed E-state index contributed by atoms with van der Waals surface area (Å²) in [5.74, 6) is -0.724. The van der Waals surface area contributed by atoms with Gasteiger partial charge in [0, 0.05) is 11.8 Å². The molecule has 0 atom stereocenters. The van der Waals surface area contributed by atoms with Gasteiger partial charge in [0.1, 0.15) is 0 Å². The highest BCUT2D eigenvalue weighted by Crippen LogP contribution is 2.23. The lowest BCUT2D eigenvalue weighted by atomic mass is 10.2. The van der Waals surface area contributed by atoms with Crippen molar-refractivity contribution in [3.05, 3.63) is 53.8 Å². The molecule has 0 aliphatic rings. The predicted molar refractivity (Wildman–Crippen MR) is 74.9 cm³/mol. The zero-order chi connectivity index (χ0) is 14.8. The Morgan fingerprint density at radius 2 is 1.75 bits per heavy atom. The quantitative estimate of drug-likeness (QED) is 0.943. The van der Waals surface area contributed by atoms with Gasteiger partial charge in [0.2, 0.25) is 0 Å². The number of rotatable bonds is 4. The average molecular weight is 295 g/mol. The largest absolute Gasteiger partial charge is 0.494 e. The van der Waals surface area contributed by atoms with Gasteiger partial charge in [0.25, 0.3) is 10.0 Å². The maximum atomic E-state index is 13.3. The van der Waals surface area contributed by atoms with Crippen LogP contribution in [-0.2, 0) is 10.0 Å². The predicted octanol–water partition coefficient (Wildman–Crippen LogP) is 2.94. The van der Waals surface area contributed by atoms with Crippen molar-refractivity contribution < 1.29 is 17.5 Å². The lowest BCUT2D eigenvalue weighted by Crippen LogP contribution is -2.13. The second-order valence-electron chi connectivity index (χ2n) is 4.27. The molecule has 0 heterocycles. The van der Waals surface area contributed by atoms with Crippen LogP contribution >= 0.6 is 0 Å². The minimum absolute atomic E-state index is 0.0590. The number of aryl methyl sites for hydroxylation is 1. The molecule has 0 amide bonds. The topological polar surface area (TPSA) is 55.4 Å². The normalized spacial score (nSPS) is 11.2. The van der Waals surface area contributed by atoms with Crippen molar-refractivity contribution in [3.8, 4) is 5.75 Å². The number of methoxy groups -OCH3 is 1. The molecule has 0 unspecified atom stereocenters. The summed E-state index contributed by atoms with van der Waals surface area (Å²) < 4.78 is 44.8. The molecule has 0 spiro atoms. The Balaban J connectivity index is 2.33. The van der Waals surface area contributed by atoms with E-state index >= 15 is 0 Å². The first-order valence-corrected chi connectivity index (χ1v) is 7.34. The number of sulfonamides is 1. The van der Waals surface area contributed by atoms with Crippen LogP contribution in [0.2, 0.25) is 0 Å². The minimum Gasteiger partial charge on any atom is -0.494 e. The third-order valence-electron chi connectivity index (χ3n) is 2.74. The van der Waals surface area contributed by atoms with E-state index in [1.165, 1.54) is 13.2 Å². The monoisotopic (exact) mass is 295 g/mol. The van der Waals surface area contributed by atoms with Crippen LogP contribution in [0.15, 0.2) is 47.4 Å². The van der Waals surface area contributed by atoms with Crippen molar-refractivity contribution in [2.45, 2.75) is 11.8 Å². The van der Waals surface area contributed by atoms with Crippen LogP contribution in [-0.4, -0.2) is 15.5 Å². The molecule has 4 nitrogen and oxygen atoms in total. The number of anilines is 1. The highest BCUT2D eigenvalue weighted by molar-refractivity contribution is 7.92. The second-order valence-corrected chi connectivity index (χ2v) is 5.95. The first kappa shape index (κ1) is 14.3. The lowest BCUT2D eigenvalue weighted by molar-refractivity contribution is 0.385. The van der Waals surface area contributed by atoms with E-state index in [9.17, 15) is 12.8 Å². The Labute approximate surface area is 117 Å². The van der Waals surface area contributed by atoms with Gasteiger partial charge in [0.15, 0.2) is 11.6 Å². The van der Waals surface area contributed by atoms with Crippen molar-refractivity contribution in [2.75, 3.05) is 11.8 Å². The van der Waals surface area contributed by atoms with Crippen molar-refractivity contribution in [2.24, 2.45) is 0 Å². The number of benzene rings is 2. The van der Waals surface area contributed by atoms with Crippen LogP contribution in [0.3, 0.4) is 0 Å².